The molecule has 2 N–H and O–H groups in total. The third kappa shape index (κ3) is 5.52. The van der Waals surface area contributed by atoms with E-state index < -0.39 is 5.82 Å². The van der Waals surface area contributed by atoms with E-state index in [1.165, 1.54) is 24.3 Å². The van der Waals surface area contributed by atoms with Crippen LogP contribution in [0.3, 0.4) is 0 Å². The molecule has 142 valence electrons. The maximum absolute atomic E-state index is 13.1. The number of carbonyl (C=O) groups excluding carboxylic acids is 1. The largest absolute Gasteiger partial charge is 0.376 e. The SMILES string of the molecule is Cc1cc(Cl)ccc1NC(=NCC1CCCO1)NC(=O)c1ccc(F)cc1. The van der Waals surface area contributed by atoms with Gasteiger partial charge in [-0.15, -0.1) is 0 Å². The lowest BCUT2D eigenvalue weighted by Gasteiger charge is -2.15. The summed E-state index contributed by atoms with van der Waals surface area (Å²) >= 11 is 6.00. The van der Waals surface area contributed by atoms with Crippen molar-refractivity contribution in [2.45, 2.75) is 25.9 Å². The molecule has 1 saturated heterocycles. The Hall–Kier alpha value is -2.44. The van der Waals surface area contributed by atoms with Crippen molar-refractivity contribution in [3.63, 3.8) is 0 Å². The number of halogens is 2. The number of aryl methyl sites for hydroxylation is 1. The van der Waals surface area contributed by atoms with Crippen molar-refractivity contribution in [2.75, 3.05) is 18.5 Å². The number of rotatable bonds is 4. The van der Waals surface area contributed by atoms with Crippen LogP contribution in [0.1, 0.15) is 28.8 Å². The van der Waals surface area contributed by atoms with Gasteiger partial charge in [-0.1, -0.05) is 11.6 Å². The first-order valence-corrected chi connectivity index (χ1v) is 9.15. The first-order valence-electron chi connectivity index (χ1n) is 8.77. The summed E-state index contributed by atoms with van der Waals surface area (Å²) in [6, 6.07) is 10.7. The molecule has 1 unspecified atom stereocenters. The van der Waals surface area contributed by atoms with Gasteiger partial charge in [-0.2, -0.15) is 0 Å². The highest BCUT2D eigenvalue weighted by molar-refractivity contribution is 6.30. The highest BCUT2D eigenvalue weighted by Gasteiger charge is 2.16. The van der Waals surface area contributed by atoms with Crippen LogP contribution in [0.15, 0.2) is 47.5 Å². The molecule has 0 aromatic heterocycles. The molecular formula is C20H21ClFN3O2. The molecule has 5 nitrogen and oxygen atoms in total. The number of nitrogens with one attached hydrogen (secondary N) is 2. The zero-order valence-electron chi connectivity index (χ0n) is 15.0. The molecule has 0 radical (unpaired) electrons. The van der Waals surface area contributed by atoms with Crippen molar-refractivity contribution in [3.8, 4) is 0 Å². The van der Waals surface area contributed by atoms with Crippen LogP contribution in [0, 0.1) is 12.7 Å². The minimum absolute atomic E-state index is 0.0517. The smallest absolute Gasteiger partial charge is 0.257 e. The lowest BCUT2D eigenvalue weighted by Crippen LogP contribution is -2.37. The van der Waals surface area contributed by atoms with Crippen LogP contribution in [0.2, 0.25) is 5.02 Å². The molecule has 1 amide bonds. The third-order valence-electron chi connectivity index (χ3n) is 4.26. The number of nitrogens with zero attached hydrogens (tertiary/aromatic N) is 1. The molecule has 1 heterocycles. The molecule has 0 saturated carbocycles. The lowest BCUT2D eigenvalue weighted by atomic mass is 10.2. The standard InChI is InChI=1S/C20H21ClFN3O2/c1-13-11-15(21)6-9-18(13)24-20(23-12-17-3-2-10-27-17)25-19(26)14-4-7-16(22)8-5-14/h4-9,11,17H,2-3,10,12H2,1H3,(H2,23,24,25,26). The number of amides is 1. The highest BCUT2D eigenvalue weighted by Crippen LogP contribution is 2.19. The maximum atomic E-state index is 13.1. The first kappa shape index (κ1) is 19.3. The summed E-state index contributed by atoms with van der Waals surface area (Å²) in [7, 11) is 0. The number of benzene rings is 2. The molecule has 27 heavy (non-hydrogen) atoms. The van der Waals surface area contributed by atoms with Gasteiger partial charge in [0.25, 0.3) is 5.91 Å². The molecular weight excluding hydrogens is 369 g/mol. The fourth-order valence-electron chi connectivity index (χ4n) is 2.77. The summed E-state index contributed by atoms with van der Waals surface area (Å²) in [6.07, 6.45) is 2.01. The fraction of sp³-hybridized carbons (Fsp3) is 0.300. The van der Waals surface area contributed by atoms with Crippen molar-refractivity contribution < 1.29 is 13.9 Å². The quantitative estimate of drug-likeness (QED) is 0.609. The van der Waals surface area contributed by atoms with Crippen molar-refractivity contribution in [3.05, 3.63) is 64.4 Å². The van der Waals surface area contributed by atoms with Crippen LogP contribution < -0.4 is 10.6 Å². The normalized spacial score (nSPS) is 17.0. The van der Waals surface area contributed by atoms with Crippen LogP contribution >= 0.6 is 11.6 Å². The van der Waals surface area contributed by atoms with Gasteiger partial charge in [0.15, 0.2) is 0 Å². The second-order valence-corrected chi connectivity index (χ2v) is 6.81. The average molecular weight is 390 g/mol. The van der Waals surface area contributed by atoms with E-state index in [0.717, 1.165) is 30.7 Å². The number of hydrogen-bond acceptors (Lipinski definition) is 3. The number of carbonyl (C=O) groups is 1. The van der Waals surface area contributed by atoms with Crippen LogP contribution in [-0.4, -0.2) is 31.1 Å². The molecule has 1 fully saturated rings. The molecule has 0 aliphatic carbocycles. The van der Waals surface area contributed by atoms with Crippen molar-refractivity contribution in [1.29, 1.82) is 0 Å². The summed E-state index contributed by atoms with van der Waals surface area (Å²) in [4.78, 5) is 17.0. The Morgan fingerprint density at radius 1 is 1.30 bits per heavy atom. The first-order chi connectivity index (χ1) is 13.0. The van der Waals surface area contributed by atoms with E-state index in [1.54, 1.807) is 6.07 Å². The Bertz CT molecular complexity index is 834. The van der Waals surface area contributed by atoms with Gasteiger partial charge in [0.2, 0.25) is 5.96 Å². The summed E-state index contributed by atoms with van der Waals surface area (Å²) in [5.41, 5.74) is 2.05. The topological polar surface area (TPSA) is 62.7 Å². The predicted molar refractivity (Wildman–Crippen MR) is 105 cm³/mol. The second-order valence-electron chi connectivity index (χ2n) is 6.37. The Kier molecular flexibility index (Phi) is 6.42. The molecule has 1 aliphatic rings. The number of guanidine groups is 1. The van der Waals surface area contributed by atoms with Gasteiger partial charge in [0.1, 0.15) is 5.82 Å². The number of anilines is 1. The van der Waals surface area contributed by atoms with Gasteiger partial charge in [-0.25, -0.2) is 9.38 Å². The van der Waals surface area contributed by atoms with E-state index in [2.05, 4.69) is 15.6 Å². The zero-order valence-corrected chi connectivity index (χ0v) is 15.7. The van der Waals surface area contributed by atoms with Crippen LogP contribution in [0.4, 0.5) is 10.1 Å². The molecule has 1 aliphatic heterocycles. The van der Waals surface area contributed by atoms with E-state index >= 15 is 0 Å². The van der Waals surface area contributed by atoms with Gasteiger partial charge in [-0.05, 0) is 67.8 Å². The maximum Gasteiger partial charge on any atom is 0.257 e. The average Bonchev–Trinajstić information content (AvgIpc) is 3.16. The van der Waals surface area contributed by atoms with Crippen molar-refractivity contribution in [2.24, 2.45) is 4.99 Å². The van der Waals surface area contributed by atoms with Gasteiger partial charge in [0, 0.05) is 22.9 Å². The van der Waals surface area contributed by atoms with Gasteiger partial charge >= 0.3 is 0 Å². The van der Waals surface area contributed by atoms with Crippen LogP contribution in [-0.2, 0) is 4.74 Å². The summed E-state index contributed by atoms with van der Waals surface area (Å²) in [5.74, 6) is -0.459. The van der Waals surface area contributed by atoms with Crippen LogP contribution in [0.5, 0.6) is 0 Å². The lowest BCUT2D eigenvalue weighted by molar-refractivity contribution is 0.0975. The molecule has 0 bridgehead atoms. The Morgan fingerprint density at radius 2 is 2.07 bits per heavy atom. The predicted octanol–water partition coefficient (Wildman–Crippen LogP) is 4.16. The van der Waals surface area contributed by atoms with Crippen molar-refractivity contribution in [1.82, 2.24) is 5.32 Å². The van der Waals surface area contributed by atoms with E-state index in [1.807, 2.05) is 19.1 Å². The molecule has 2 aromatic rings. The minimum Gasteiger partial charge on any atom is -0.376 e. The monoisotopic (exact) mass is 389 g/mol. The molecule has 0 spiro atoms. The van der Waals surface area contributed by atoms with Gasteiger partial charge in [0.05, 0.1) is 12.6 Å². The zero-order chi connectivity index (χ0) is 19.2. The fourth-order valence-corrected chi connectivity index (χ4v) is 2.99. The van der Waals surface area contributed by atoms with Crippen LogP contribution in [0.25, 0.3) is 0 Å². The minimum atomic E-state index is -0.395. The Labute approximate surface area is 162 Å². The highest BCUT2D eigenvalue weighted by atomic mass is 35.5. The number of aliphatic imine (C=N–C) groups is 1. The summed E-state index contributed by atoms with van der Waals surface area (Å²) in [6.45, 7) is 3.09. The Balaban J connectivity index is 1.76. The summed E-state index contributed by atoms with van der Waals surface area (Å²) < 4.78 is 18.7. The molecule has 3 rings (SSSR count). The number of ether oxygens (including phenoxy) is 1. The molecule has 7 heteroatoms. The number of hydrogen-bond donors (Lipinski definition) is 2. The van der Waals surface area contributed by atoms with Gasteiger partial charge in [-0.3, -0.25) is 10.1 Å². The second kappa shape index (κ2) is 8.97. The van der Waals surface area contributed by atoms with Gasteiger partial charge < -0.3 is 10.1 Å². The van der Waals surface area contributed by atoms with Crippen molar-refractivity contribution >= 4 is 29.2 Å². The third-order valence-corrected chi connectivity index (χ3v) is 4.49. The molecule has 2 aromatic carbocycles. The Morgan fingerprint density at radius 3 is 2.74 bits per heavy atom. The van der Waals surface area contributed by atoms with E-state index in [4.69, 9.17) is 16.3 Å². The van der Waals surface area contributed by atoms with E-state index in [9.17, 15) is 9.18 Å². The molecule has 1 atom stereocenters. The summed E-state index contributed by atoms with van der Waals surface area (Å²) in [5, 5.41) is 6.53. The van der Waals surface area contributed by atoms with E-state index in [0.29, 0.717) is 23.1 Å². The van der Waals surface area contributed by atoms with E-state index in [-0.39, 0.29) is 12.0 Å².